The van der Waals surface area contributed by atoms with Gasteiger partial charge >= 0.3 is 5.91 Å². The Morgan fingerprint density at radius 2 is 2.00 bits per heavy atom. The molecule has 1 N–H and O–H groups in total. The number of carbonyl (C=O) groups excluding carboxylic acids is 1. The molecule has 0 aliphatic carbocycles. The van der Waals surface area contributed by atoms with Crippen molar-refractivity contribution in [2.24, 2.45) is 0 Å². The summed E-state index contributed by atoms with van der Waals surface area (Å²) >= 11 is 0. The van der Waals surface area contributed by atoms with Crippen molar-refractivity contribution < 1.29 is 22.0 Å². The lowest BCUT2D eigenvalue weighted by Gasteiger charge is -2.33. The van der Waals surface area contributed by atoms with Gasteiger partial charge in [0, 0.05) is 43.1 Å². The number of furan rings is 1. The van der Waals surface area contributed by atoms with E-state index >= 15 is 0 Å². The fourth-order valence-corrected chi connectivity index (χ4v) is 4.30. The minimum atomic E-state index is -4.16. The Balaban J connectivity index is 1.62. The number of aromatic nitrogens is 2. The van der Waals surface area contributed by atoms with Gasteiger partial charge in [0.25, 0.3) is 10.0 Å². The first-order valence-electron chi connectivity index (χ1n) is 9.26. The molecule has 0 bridgehead atoms. The van der Waals surface area contributed by atoms with Crippen LogP contribution in [-0.2, 0) is 10.0 Å². The van der Waals surface area contributed by atoms with Gasteiger partial charge in [-0.3, -0.25) is 9.48 Å². The largest absolute Gasteiger partial charge is 0.451 e. The van der Waals surface area contributed by atoms with E-state index in [9.17, 15) is 17.6 Å². The topological polar surface area (TPSA) is 97.4 Å². The first-order valence-corrected chi connectivity index (χ1v) is 10.7. The zero-order valence-corrected chi connectivity index (χ0v) is 17.1. The van der Waals surface area contributed by atoms with Crippen LogP contribution in [0.3, 0.4) is 0 Å². The minimum Gasteiger partial charge on any atom is -0.451 e. The highest BCUT2D eigenvalue weighted by Gasteiger charge is 2.26. The number of amides is 1. The van der Waals surface area contributed by atoms with E-state index in [1.54, 1.807) is 13.0 Å². The third kappa shape index (κ3) is 3.48. The van der Waals surface area contributed by atoms with Crippen LogP contribution >= 0.6 is 0 Å². The van der Waals surface area contributed by atoms with E-state index in [1.807, 2.05) is 23.5 Å². The maximum atomic E-state index is 14.4. The van der Waals surface area contributed by atoms with Crippen LogP contribution in [-0.4, -0.2) is 37.2 Å². The van der Waals surface area contributed by atoms with E-state index < -0.39 is 21.7 Å². The number of halogens is 1. The lowest BCUT2D eigenvalue weighted by atomic mass is 10.1. The highest BCUT2D eigenvalue weighted by Crippen LogP contribution is 2.30. The van der Waals surface area contributed by atoms with Crippen molar-refractivity contribution in [2.45, 2.75) is 38.1 Å². The molecule has 0 spiro atoms. The minimum absolute atomic E-state index is 0.0349. The molecule has 2 aromatic heterocycles. The molecule has 0 atom stereocenters. The van der Waals surface area contributed by atoms with Gasteiger partial charge < -0.3 is 9.32 Å². The molecule has 10 heteroatoms. The van der Waals surface area contributed by atoms with Crippen molar-refractivity contribution in [3.8, 4) is 0 Å². The third-order valence-corrected chi connectivity index (χ3v) is 6.37. The number of anilines is 1. The van der Waals surface area contributed by atoms with Crippen LogP contribution in [0.2, 0.25) is 0 Å². The summed E-state index contributed by atoms with van der Waals surface area (Å²) in [6.07, 6.45) is 2.41. The monoisotopic (exact) mass is 420 g/mol. The molecule has 154 valence electrons. The lowest BCUT2D eigenvalue weighted by Crippen LogP contribution is -2.36. The SMILES string of the molecule is Cc1nn(C(C)C)cc1S(=O)(=O)NC(=O)c1cc2c(F)cc(N3CCC3)cc2o1. The van der Waals surface area contributed by atoms with Crippen molar-refractivity contribution >= 4 is 32.6 Å². The summed E-state index contributed by atoms with van der Waals surface area (Å²) in [6.45, 7) is 6.94. The molecular formula is C19H21FN4O4S. The van der Waals surface area contributed by atoms with Gasteiger partial charge in [-0.05, 0) is 33.3 Å². The summed E-state index contributed by atoms with van der Waals surface area (Å²) in [4.78, 5) is 14.4. The number of benzene rings is 1. The molecule has 4 rings (SSSR count). The highest BCUT2D eigenvalue weighted by molar-refractivity contribution is 7.90. The fraction of sp³-hybridized carbons (Fsp3) is 0.368. The average Bonchev–Trinajstić information content (AvgIpc) is 3.17. The molecule has 1 amide bonds. The predicted octanol–water partition coefficient (Wildman–Crippen LogP) is 2.99. The summed E-state index contributed by atoms with van der Waals surface area (Å²) in [5.41, 5.74) is 1.14. The van der Waals surface area contributed by atoms with Crippen molar-refractivity contribution in [1.82, 2.24) is 14.5 Å². The Labute approximate surface area is 167 Å². The van der Waals surface area contributed by atoms with E-state index in [0.29, 0.717) is 5.69 Å². The zero-order chi connectivity index (χ0) is 20.9. The number of hydrogen-bond donors (Lipinski definition) is 1. The molecular weight excluding hydrogens is 399 g/mol. The van der Waals surface area contributed by atoms with Gasteiger partial charge in [0.15, 0.2) is 5.76 Å². The number of fused-ring (bicyclic) bond motifs is 1. The second-order valence-electron chi connectivity index (χ2n) is 7.38. The molecule has 0 radical (unpaired) electrons. The number of hydrogen-bond acceptors (Lipinski definition) is 6. The van der Waals surface area contributed by atoms with Crippen molar-refractivity contribution in [2.75, 3.05) is 18.0 Å². The Hall–Kier alpha value is -2.88. The van der Waals surface area contributed by atoms with Gasteiger partial charge in [-0.15, -0.1) is 0 Å². The highest BCUT2D eigenvalue weighted by atomic mass is 32.2. The van der Waals surface area contributed by atoms with Gasteiger partial charge in [-0.2, -0.15) is 5.10 Å². The Morgan fingerprint density at radius 1 is 1.28 bits per heavy atom. The van der Waals surface area contributed by atoms with Crippen LogP contribution < -0.4 is 9.62 Å². The molecule has 8 nitrogen and oxygen atoms in total. The van der Waals surface area contributed by atoms with Crippen molar-refractivity contribution in [3.63, 3.8) is 0 Å². The van der Waals surface area contributed by atoms with E-state index in [4.69, 9.17) is 4.42 Å². The van der Waals surface area contributed by atoms with Gasteiger partial charge in [0.1, 0.15) is 16.3 Å². The molecule has 0 saturated carbocycles. The number of nitrogens with zero attached hydrogens (tertiary/aromatic N) is 3. The number of nitrogens with one attached hydrogen (secondary N) is 1. The summed E-state index contributed by atoms with van der Waals surface area (Å²) in [5, 5.41) is 4.28. The second kappa shape index (κ2) is 6.87. The van der Waals surface area contributed by atoms with Gasteiger partial charge in [0.05, 0.1) is 11.1 Å². The Bertz CT molecular complexity index is 1210. The number of carbonyl (C=O) groups is 1. The quantitative estimate of drug-likeness (QED) is 0.682. The summed E-state index contributed by atoms with van der Waals surface area (Å²) in [6, 6.07) is 4.21. The Morgan fingerprint density at radius 3 is 2.59 bits per heavy atom. The number of rotatable bonds is 5. The maximum Gasteiger partial charge on any atom is 0.300 e. The maximum absolute atomic E-state index is 14.4. The first-order chi connectivity index (χ1) is 13.7. The fourth-order valence-electron chi connectivity index (χ4n) is 3.17. The standard InChI is InChI=1S/C19H21FN4O4S/c1-11(2)24-10-18(12(3)21-24)29(26,27)22-19(25)17-9-14-15(20)7-13(8-16(14)28-17)23-5-4-6-23/h7-11H,4-6H2,1-3H3,(H,22,25). The molecule has 1 aliphatic heterocycles. The molecule has 1 aliphatic rings. The molecule has 1 aromatic carbocycles. The van der Waals surface area contributed by atoms with Crippen LogP contribution in [0.15, 0.2) is 33.7 Å². The van der Waals surface area contributed by atoms with E-state index in [-0.39, 0.29) is 33.4 Å². The van der Waals surface area contributed by atoms with Gasteiger partial charge in [-0.1, -0.05) is 0 Å². The Kier molecular flexibility index (Phi) is 4.60. The van der Waals surface area contributed by atoms with Crippen LogP contribution in [0.25, 0.3) is 11.0 Å². The average molecular weight is 420 g/mol. The lowest BCUT2D eigenvalue weighted by molar-refractivity contribution is 0.0956. The first kappa shape index (κ1) is 19.4. The normalized spacial score (nSPS) is 14.4. The third-order valence-electron chi connectivity index (χ3n) is 4.93. The van der Waals surface area contributed by atoms with Crippen molar-refractivity contribution in [3.05, 3.63) is 41.7 Å². The number of aryl methyl sites for hydroxylation is 1. The zero-order valence-electron chi connectivity index (χ0n) is 16.3. The second-order valence-corrected chi connectivity index (χ2v) is 9.03. The molecule has 1 saturated heterocycles. The van der Waals surface area contributed by atoms with E-state index in [2.05, 4.69) is 5.10 Å². The molecule has 0 unspecified atom stereocenters. The van der Waals surface area contributed by atoms with Crippen molar-refractivity contribution in [1.29, 1.82) is 0 Å². The molecule has 1 fully saturated rings. The van der Waals surface area contributed by atoms with Gasteiger partial charge in [-0.25, -0.2) is 17.5 Å². The van der Waals surface area contributed by atoms with Crippen LogP contribution in [0, 0.1) is 12.7 Å². The van der Waals surface area contributed by atoms with Crippen LogP contribution in [0.5, 0.6) is 0 Å². The van der Waals surface area contributed by atoms with E-state index in [0.717, 1.165) is 19.5 Å². The van der Waals surface area contributed by atoms with Crippen LogP contribution in [0.4, 0.5) is 10.1 Å². The van der Waals surface area contributed by atoms with Gasteiger partial charge in [0.2, 0.25) is 0 Å². The molecule has 3 aromatic rings. The van der Waals surface area contributed by atoms with Crippen LogP contribution in [0.1, 0.15) is 42.6 Å². The summed E-state index contributed by atoms with van der Waals surface area (Å²) in [7, 11) is -4.16. The predicted molar refractivity (Wildman–Crippen MR) is 105 cm³/mol. The summed E-state index contributed by atoms with van der Waals surface area (Å²) < 4.78 is 48.6. The summed E-state index contributed by atoms with van der Waals surface area (Å²) in [5.74, 6) is -1.77. The molecule has 3 heterocycles. The number of sulfonamides is 1. The smallest absolute Gasteiger partial charge is 0.300 e. The van der Waals surface area contributed by atoms with E-state index in [1.165, 1.54) is 23.0 Å². The molecule has 29 heavy (non-hydrogen) atoms.